The van der Waals surface area contributed by atoms with Crippen molar-refractivity contribution < 1.29 is 26.4 Å². The van der Waals surface area contributed by atoms with Gasteiger partial charge in [-0.2, -0.15) is 0 Å². The van der Waals surface area contributed by atoms with Crippen molar-refractivity contribution in [1.82, 2.24) is 0 Å². The van der Waals surface area contributed by atoms with Gasteiger partial charge in [-0.15, -0.1) is 0 Å². The molecule has 1 rings (SSSR count). The lowest BCUT2D eigenvalue weighted by molar-refractivity contribution is 0.234. The standard InChI is InChI=1S/C11H16FO5PS/c1-3-16-18(13,17-4-2)19(14,15)11-8-6-5-7-10(11)9-12/h5-8H,3-4,9H2,1-2H3. The van der Waals surface area contributed by atoms with Gasteiger partial charge in [0.25, 0.3) is 9.46 Å². The summed E-state index contributed by atoms with van der Waals surface area (Å²) in [6.07, 6.45) is 0. The Morgan fingerprint density at radius 3 is 2.16 bits per heavy atom. The summed E-state index contributed by atoms with van der Waals surface area (Å²) >= 11 is 0. The number of rotatable bonds is 7. The van der Waals surface area contributed by atoms with Crippen LogP contribution in [0.15, 0.2) is 29.2 Å². The summed E-state index contributed by atoms with van der Waals surface area (Å²) in [6, 6.07) is 5.43. The highest BCUT2D eigenvalue weighted by atomic mass is 32.8. The lowest BCUT2D eigenvalue weighted by Gasteiger charge is -2.18. The van der Waals surface area contributed by atoms with Crippen LogP contribution in [0.1, 0.15) is 19.4 Å². The van der Waals surface area contributed by atoms with Crippen LogP contribution in [0.5, 0.6) is 0 Å². The van der Waals surface area contributed by atoms with Crippen LogP contribution in [0.2, 0.25) is 0 Å². The zero-order valence-corrected chi connectivity index (χ0v) is 12.4. The molecule has 0 aliphatic heterocycles. The molecular weight excluding hydrogens is 294 g/mol. The summed E-state index contributed by atoms with van der Waals surface area (Å²) in [5.74, 6) is 0. The van der Waals surface area contributed by atoms with Gasteiger partial charge >= 0.3 is 6.80 Å². The molecule has 0 radical (unpaired) electrons. The average Bonchev–Trinajstić information content (AvgIpc) is 2.39. The molecule has 0 aliphatic rings. The van der Waals surface area contributed by atoms with Gasteiger partial charge in [0, 0.05) is 5.56 Å². The Morgan fingerprint density at radius 1 is 1.16 bits per heavy atom. The van der Waals surface area contributed by atoms with Crippen molar-refractivity contribution in [3.05, 3.63) is 29.8 Å². The van der Waals surface area contributed by atoms with Crippen molar-refractivity contribution in [2.45, 2.75) is 25.4 Å². The van der Waals surface area contributed by atoms with Gasteiger partial charge < -0.3 is 0 Å². The van der Waals surface area contributed by atoms with Crippen LogP contribution < -0.4 is 0 Å². The van der Waals surface area contributed by atoms with Crippen LogP contribution in [0.25, 0.3) is 0 Å². The molecule has 0 amide bonds. The molecule has 0 unspecified atom stereocenters. The van der Waals surface area contributed by atoms with Gasteiger partial charge in [-0.25, -0.2) is 17.4 Å². The lowest BCUT2D eigenvalue weighted by Crippen LogP contribution is -2.10. The molecule has 1 aromatic rings. The number of alkyl halides is 1. The minimum Gasteiger partial charge on any atom is -0.298 e. The summed E-state index contributed by atoms with van der Waals surface area (Å²) in [6.45, 7) is -2.53. The topological polar surface area (TPSA) is 69.7 Å². The minimum absolute atomic E-state index is 0.0675. The summed E-state index contributed by atoms with van der Waals surface area (Å²) < 4.78 is 59.5. The Balaban J connectivity index is 3.39. The molecule has 0 N–H and O–H groups in total. The van der Waals surface area contributed by atoms with E-state index in [0.717, 1.165) is 0 Å². The molecule has 0 heterocycles. The molecule has 5 nitrogen and oxygen atoms in total. The van der Waals surface area contributed by atoms with E-state index in [-0.39, 0.29) is 23.7 Å². The maximum absolute atomic E-state index is 12.8. The van der Waals surface area contributed by atoms with Crippen LogP contribution in [0.3, 0.4) is 0 Å². The predicted molar refractivity (Wildman–Crippen MR) is 69.3 cm³/mol. The molecule has 1 aromatic carbocycles. The van der Waals surface area contributed by atoms with Crippen LogP contribution in [0.4, 0.5) is 4.39 Å². The Hall–Kier alpha value is -0.750. The van der Waals surface area contributed by atoms with Crippen molar-refractivity contribution in [3.63, 3.8) is 0 Å². The molecule has 0 saturated heterocycles. The van der Waals surface area contributed by atoms with Crippen LogP contribution >= 0.6 is 6.80 Å². The zero-order chi connectivity index (χ0) is 14.5. The highest BCUT2D eigenvalue weighted by Crippen LogP contribution is 2.58. The van der Waals surface area contributed by atoms with Crippen LogP contribution in [-0.2, 0) is 29.7 Å². The largest absolute Gasteiger partial charge is 0.449 e. The van der Waals surface area contributed by atoms with E-state index in [1.165, 1.54) is 38.1 Å². The van der Waals surface area contributed by atoms with E-state index >= 15 is 0 Å². The van der Waals surface area contributed by atoms with Gasteiger partial charge in [0.2, 0.25) is 0 Å². The third-order valence-electron chi connectivity index (χ3n) is 2.26. The van der Waals surface area contributed by atoms with E-state index < -0.39 is 22.9 Å². The summed E-state index contributed by atoms with van der Waals surface area (Å²) in [7, 11) is -4.40. The Morgan fingerprint density at radius 2 is 1.68 bits per heavy atom. The Bertz CT molecular complexity index is 562. The quantitative estimate of drug-likeness (QED) is 0.724. The van der Waals surface area contributed by atoms with Gasteiger partial charge in [-0.05, 0) is 19.9 Å². The first kappa shape index (κ1) is 16.3. The van der Waals surface area contributed by atoms with Crippen LogP contribution in [-0.4, -0.2) is 21.6 Å². The van der Waals surface area contributed by atoms with E-state index in [4.69, 9.17) is 9.05 Å². The van der Waals surface area contributed by atoms with Crippen molar-refractivity contribution >= 4 is 16.3 Å². The first-order chi connectivity index (χ1) is 8.93. The number of halogens is 1. The highest BCUT2D eigenvalue weighted by molar-refractivity contribution is 8.49. The zero-order valence-electron chi connectivity index (χ0n) is 10.7. The molecule has 108 valence electrons. The molecular formula is C11H16FO5PS. The van der Waals surface area contributed by atoms with E-state index in [1.54, 1.807) is 0 Å². The third kappa shape index (κ3) is 3.23. The van der Waals surface area contributed by atoms with Crippen molar-refractivity contribution in [3.8, 4) is 0 Å². The van der Waals surface area contributed by atoms with Crippen molar-refractivity contribution in [2.24, 2.45) is 0 Å². The molecule has 0 bridgehead atoms. The molecule has 8 heteroatoms. The fourth-order valence-corrected chi connectivity index (χ4v) is 6.13. The SMILES string of the molecule is CCOP(=O)(OCC)S(=O)(=O)c1ccccc1CF. The molecule has 19 heavy (non-hydrogen) atoms. The maximum atomic E-state index is 12.8. The molecule has 0 saturated carbocycles. The molecule has 0 aliphatic carbocycles. The first-order valence-electron chi connectivity index (χ1n) is 5.71. The fraction of sp³-hybridized carbons (Fsp3) is 0.455. The molecule has 0 spiro atoms. The average molecular weight is 310 g/mol. The summed E-state index contributed by atoms with van der Waals surface area (Å²) in [5.41, 5.74) is -0.0675. The Kier molecular flexibility index (Phi) is 5.67. The third-order valence-corrected chi connectivity index (χ3v) is 7.94. The van der Waals surface area contributed by atoms with Gasteiger partial charge in [0.15, 0.2) is 0 Å². The number of hydrogen-bond donors (Lipinski definition) is 0. The second-order valence-electron chi connectivity index (χ2n) is 3.50. The van der Waals surface area contributed by atoms with E-state index in [9.17, 15) is 17.4 Å². The van der Waals surface area contributed by atoms with Gasteiger partial charge in [0.05, 0.1) is 18.1 Å². The summed E-state index contributed by atoms with van der Waals surface area (Å²) in [4.78, 5) is -0.359. The normalized spacial score (nSPS) is 12.6. The monoisotopic (exact) mass is 310 g/mol. The fourth-order valence-electron chi connectivity index (χ4n) is 1.48. The van der Waals surface area contributed by atoms with E-state index in [2.05, 4.69) is 0 Å². The predicted octanol–water partition coefficient (Wildman–Crippen LogP) is 3.11. The summed E-state index contributed by atoms with van der Waals surface area (Å²) in [5, 5.41) is 0. The second kappa shape index (κ2) is 6.61. The van der Waals surface area contributed by atoms with Crippen molar-refractivity contribution in [1.29, 1.82) is 0 Å². The number of benzene rings is 1. The van der Waals surface area contributed by atoms with Gasteiger partial charge in [0.1, 0.15) is 6.67 Å². The van der Waals surface area contributed by atoms with E-state index in [0.29, 0.717) is 0 Å². The van der Waals surface area contributed by atoms with Crippen LogP contribution in [0, 0.1) is 0 Å². The second-order valence-corrected chi connectivity index (χ2v) is 9.08. The lowest BCUT2D eigenvalue weighted by atomic mass is 10.2. The van der Waals surface area contributed by atoms with Gasteiger partial charge in [-0.1, -0.05) is 18.2 Å². The Labute approximate surface area is 111 Å². The highest BCUT2D eigenvalue weighted by Gasteiger charge is 2.43. The maximum Gasteiger partial charge on any atom is 0.449 e. The first-order valence-corrected chi connectivity index (χ1v) is 9.34. The van der Waals surface area contributed by atoms with Crippen molar-refractivity contribution in [2.75, 3.05) is 13.2 Å². The molecule has 0 fully saturated rings. The molecule has 0 aromatic heterocycles. The minimum atomic E-state index is -4.40. The smallest absolute Gasteiger partial charge is 0.298 e. The van der Waals surface area contributed by atoms with E-state index in [1.807, 2.05) is 0 Å². The molecule has 0 atom stereocenters. The number of hydrogen-bond acceptors (Lipinski definition) is 5. The van der Waals surface area contributed by atoms with Gasteiger partial charge in [-0.3, -0.25) is 9.05 Å².